The molecule has 164 valence electrons. The van der Waals surface area contributed by atoms with Crippen LogP contribution in [0.1, 0.15) is 36.5 Å². The number of amides is 1. The fourth-order valence-electron chi connectivity index (χ4n) is 3.99. The molecule has 10 heteroatoms. The lowest BCUT2D eigenvalue weighted by Gasteiger charge is -2.35. The van der Waals surface area contributed by atoms with Crippen molar-refractivity contribution >= 4 is 34.3 Å². The van der Waals surface area contributed by atoms with Crippen LogP contribution >= 0.6 is 0 Å². The van der Waals surface area contributed by atoms with Gasteiger partial charge in [0.1, 0.15) is 11.4 Å². The van der Waals surface area contributed by atoms with Gasteiger partial charge in [-0.2, -0.15) is 4.98 Å². The maximum atomic E-state index is 14.0. The number of benzene rings is 1. The molecular weight excluding hydrogens is 404 g/mol. The number of carbonyl (C=O) groups is 1. The number of hydrogen-bond acceptors (Lipinski definition) is 6. The molecule has 0 spiro atoms. The molecule has 31 heavy (non-hydrogen) atoms. The summed E-state index contributed by atoms with van der Waals surface area (Å²) >= 11 is 0. The van der Waals surface area contributed by atoms with Crippen LogP contribution in [0.25, 0.3) is 10.9 Å². The molecule has 6 N–H and O–H groups in total. The second-order valence-corrected chi connectivity index (χ2v) is 7.72. The van der Waals surface area contributed by atoms with Crippen LogP contribution in [-0.4, -0.2) is 38.4 Å². The van der Waals surface area contributed by atoms with Crippen molar-refractivity contribution in [2.24, 2.45) is 11.5 Å². The van der Waals surface area contributed by atoms with Gasteiger partial charge in [0.2, 0.25) is 5.95 Å². The summed E-state index contributed by atoms with van der Waals surface area (Å²) in [5, 5.41) is 7.01. The van der Waals surface area contributed by atoms with Gasteiger partial charge in [-0.3, -0.25) is 4.79 Å². The minimum atomic E-state index is -2.95. The predicted molar refractivity (Wildman–Crippen MR) is 116 cm³/mol. The SMILES string of the molecule is CCn1ccc2c(Nc3nc(N[C@@H]4CCCC(F)(F)[C@@H]4N)ncc3C(N)=O)cccc21. The Labute approximate surface area is 178 Å². The van der Waals surface area contributed by atoms with E-state index in [9.17, 15) is 13.6 Å². The largest absolute Gasteiger partial charge is 0.365 e. The van der Waals surface area contributed by atoms with Crippen LogP contribution in [0.4, 0.5) is 26.2 Å². The molecule has 0 bridgehead atoms. The molecule has 2 aromatic heterocycles. The lowest BCUT2D eigenvalue weighted by Crippen LogP contribution is -2.55. The molecule has 0 radical (unpaired) electrons. The van der Waals surface area contributed by atoms with E-state index < -0.39 is 23.9 Å². The molecule has 1 fully saturated rings. The average molecular weight is 429 g/mol. The highest BCUT2D eigenvalue weighted by Crippen LogP contribution is 2.34. The quantitative estimate of drug-likeness (QED) is 0.477. The van der Waals surface area contributed by atoms with Gasteiger partial charge in [0.15, 0.2) is 0 Å². The molecule has 4 rings (SSSR count). The first-order chi connectivity index (χ1) is 14.8. The Balaban J connectivity index is 1.66. The molecule has 0 saturated heterocycles. The number of primary amides is 1. The average Bonchev–Trinajstić information content (AvgIpc) is 3.16. The van der Waals surface area contributed by atoms with Gasteiger partial charge in [-0.05, 0) is 38.0 Å². The third kappa shape index (κ3) is 4.02. The molecule has 8 nitrogen and oxygen atoms in total. The molecule has 1 aromatic carbocycles. The van der Waals surface area contributed by atoms with Crippen molar-refractivity contribution in [2.45, 2.75) is 50.7 Å². The van der Waals surface area contributed by atoms with Gasteiger partial charge in [-0.1, -0.05) is 6.07 Å². The maximum absolute atomic E-state index is 14.0. The number of nitrogens with zero attached hydrogens (tertiary/aromatic N) is 3. The van der Waals surface area contributed by atoms with E-state index in [1.165, 1.54) is 6.20 Å². The molecule has 2 heterocycles. The van der Waals surface area contributed by atoms with Gasteiger partial charge in [0.05, 0.1) is 17.6 Å². The summed E-state index contributed by atoms with van der Waals surface area (Å²) in [6, 6.07) is 5.69. The highest BCUT2D eigenvalue weighted by molar-refractivity contribution is 6.00. The summed E-state index contributed by atoms with van der Waals surface area (Å²) in [6.45, 7) is 2.86. The van der Waals surface area contributed by atoms with Gasteiger partial charge in [0, 0.05) is 36.4 Å². The summed E-state index contributed by atoms with van der Waals surface area (Å²) in [7, 11) is 0. The molecule has 1 aliphatic carbocycles. The second-order valence-electron chi connectivity index (χ2n) is 7.72. The number of anilines is 3. The molecule has 1 aliphatic rings. The van der Waals surface area contributed by atoms with E-state index >= 15 is 0 Å². The van der Waals surface area contributed by atoms with Crippen molar-refractivity contribution < 1.29 is 13.6 Å². The summed E-state index contributed by atoms with van der Waals surface area (Å²) in [4.78, 5) is 20.4. The number of hydrogen-bond donors (Lipinski definition) is 4. The van der Waals surface area contributed by atoms with Crippen molar-refractivity contribution in [1.82, 2.24) is 14.5 Å². The Morgan fingerprint density at radius 2 is 2.16 bits per heavy atom. The summed E-state index contributed by atoms with van der Waals surface area (Å²) in [5.41, 5.74) is 13.1. The third-order valence-electron chi connectivity index (χ3n) is 5.72. The number of rotatable bonds is 6. The molecule has 2 atom stereocenters. The lowest BCUT2D eigenvalue weighted by molar-refractivity contribution is -0.0555. The number of nitrogens with one attached hydrogen (secondary N) is 2. The van der Waals surface area contributed by atoms with Crippen LogP contribution < -0.4 is 22.1 Å². The molecule has 1 saturated carbocycles. The van der Waals surface area contributed by atoms with E-state index in [-0.39, 0.29) is 23.8 Å². The van der Waals surface area contributed by atoms with Gasteiger partial charge >= 0.3 is 0 Å². The second kappa shape index (κ2) is 8.10. The number of aryl methyl sites for hydroxylation is 1. The van der Waals surface area contributed by atoms with E-state index in [1.807, 2.05) is 37.4 Å². The highest BCUT2D eigenvalue weighted by atomic mass is 19.3. The van der Waals surface area contributed by atoms with Crippen LogP contribution in [0.3, 0.4) is 0 Å². The molecular formula is C21H25F2N7O. The van der Waals surface area contributed by atoms with E-state index in [1.54, 1.807) is 0 Å². The minimum Gasteiger partial charge on any atom is -0.365 e. The Hall–Kier alpha value is -3.27. The zero-order chi connectivity index (χ0) is 22.2. The van der Waals surface area contributed by atoms with Crippen molar-refractivity contribution in [1.29, 1.82) is 0 Å². The van der Waals surface area contributed by atoms with Crippen molar-refractivity contribution in [3.05, 3.63) is 42.2 Å². The van der Waals surface area contributed by atoms with Crippen molar-refractivity contribution in [3.8, 4) is 0 Å². The predicted octanol–water partition coefficient (Wildman–Crippen LogP) is 3.22. The minimum absolute atomic E-state index is 0.0933. The first-order valence-corrected chi connectivity index (χ1v) is 10.2. The van der Waals surface area contributed by atoms with Crippen LogP contribution in [-0.2, 0) is 6.54 Å². The smallest absolute Gasteiger partial charge is 0.264 e. The van der Waals surface area contributed by atoms with E-state index in [0.29, 0.717) is 12.8 Å². The van der Waals surface area contributed by atoms with Crippen LogP contribution in [0.5, 0.6) is 0 Å². The Bertz CT molecular complexity index is 1110. The topological polar surface area (TPSA) is 124 Å². The summed E-state index contributed by atoms with van der Waals surface area (Å²) in [5.74, 6) is -3.36. The first kappa shape index (κ1) is 21.0. The number of alkyl halides is 2. The molecule has 1 amide bonds. The molecule has 3 aromatic rings. The zero-order valence-electron chi connectivity index (χ0n) is 17.1. The van der Waals surface area contributed by atoms with Gasteiger partial charge in [-0.15, -0.1) is 0 Å². The normalized spacial score (nSPS) is 20.5. The summed E-state index contributed by atoms with van der Waals surface area (Å²) in [6.07, 6.45) is 3.85. The lowest BCUT2D eigenvalue weighted by atomic mass is 9.87. The fraction of sp³-hybridized carbons (Fsp3) is 0.381. The maximum Gasteiger partial charge on any atom is 0.264 e. The fourth-order valence-corrected chi connectivity index (χ4v) is 3.99. The van der Waals surface area contributed by atoms with Gasteiger partial charge in [-0.25, -0.2) is 13.8 Å². The number of fused-ring (bicyclic) bond motifs is 1. The Kier molecular flexibility index (Phi) is 5.48. The van der Waals surface area contributed by atoms with Gasteiger partial charge in [0.25, 0.3) is 11.8 Å². The number of aromatic nitrogens is 3. The van der Waals surface area contributed by atoms with Crippen LogP contribution in [0, 0.1) is 0 Å². The van der Waals surface area contributed by atoms with Gasteiger partial charge < -0.3 is 26.7 Å². The molecule has 0 aliphatic heterocycles. The zero-order valence-corrected chi connectivity index (χ0v) is 17.1. The number of carbonyl (C=O) groups excluding carboxylic acids is 1. The number of halogens is 2. The third-order valence-corrected chi connectivity index (χ3v) is 5.72. The standard InChI is InChI=1S/C21H25F2N7O/c1-2-30-10-8-12-14(5-3-7-16(12)30)27-19-13(18(25)31)11-26-20(29-19)28-15-6-4-9-21(22,23)17(15)24/h3,5,7-8,10-11,15,17H,2,4,6,9,24H2,1H3,(H2,25,31)(H2,26,27,28,29)/t15-,17-/m1/s1. The van der Waals surface area contributed by atoms with Crippen LogP contribution in [0.15, 0.2) is 36.7 Å². The van der Waals surface area contributed by atoms with E-state index in [4.69, 9.17) is 11.5 Å². The number of nitrogens with two attached hydrogens (primary N) is 2. The first-order valence-electron chi connectivity index (χ1n) is 10.2. The summed E-state index contributed by atoms with van der Waals surface area (Å²) < 4.78 is 30.1. The Morgan fingerprint density at radius 1 is 1.35 bits per heavy atom. The molecule has 0 unspecified atom stereocenters. The monoisotopic (exact) mass is 429 g/mol. The van der Waals surface area contributed by atoms with Crippen molar-refractivity contribution in [2.75, 3.05) is 10.6 Å². The van der Waals surface area contributed by atoms with Crippen molar-refractivity contribution in [3.63, 3.8) is 0 Å². The van der Waals surface area contributed by atoms with E-state index in [2.05, 4.69) is 25.2 Å². The Morgan fingerprint density at radius 3 is 2.90 bits per heavy atom. The van der Waals surface area contributed by atoms with E-state index in [0.717, 1.165) is 23.1 Å². The highest BCUT2D eigenvalue weighted by Gasteiger charge is 2.44. The van der Waals surface area contributed by atoms with Crippen LogP contribution in [0.2, 0.25) is 0 Å².